The number of nitrogens with two attached hydrogens (primary N) is 1. The van der Waals surface area contributed by atoms with E-state index in [1.54, 1.807) is 11.3 Å². The summed E-state index contributed by atoms with van der Waals surface area (Å²) >= 11 is 1.71. The standard InChI is InChI=1S/C16H23N3S/c1-2-3-11-4-7-13(8-5-11)18-16-19-14-9-6-12(17)10-15(14)20-16/h6,9-11,13H,2-5,7-8,17H2,1H3,(H,18,19). The lowest BCUT2D eigenvalue weighted by molar-refractivity contribution is 0.319. The van der Waals surface area contributed by atoms with Gasteiger partial charge in [-0.1, -0.05) is 31.1 Å². The van der Waals surface area contributed by atoms with Crippen LogP contribution in [0, 0.1) is 5.92 Å². The molecule has 20 heavy (non-hydrogen) atoms. The summed E-state index contributed by atoms with van der Waals surface area (Å²) in [5.74, 6) is 0.952. The SMILES string of the molecule is CCCC1CCC(Nc2nc3ccc(N)cc3s2)CC1. The normalized spacial score (nSPS) is 23.1. The highest BCUT2D eigenvalue weighted by atomic mass is 32.1. The summed E-state index contributed by atoms with van der Waals surface area (Å²) in [7, 11) is 0. The van der Waals surface area contributed by atoms with Crippen molar-refractivity contribution in [3.8, 4) is 0 Å². The van der Waals surface area contributed by atoms with Gasteiger partial charge in [0.25, 0.3) is 0 Å². The molecule has 2 aromatic rings. The van der Waals surface area contributed by atoms with E-state index in [9.17, 15) is 0 Å². The Morgan fingerprint density at radius 1 is 1.30 bits per heavy atom. The lowest BCUT2D eigenvalue weighted by Gasteiger charge is -2.28. The number of anilines is 2. The Morgan fingerprint density at radius 2 is 2.10 bits per heavy atom. The molecule has 3 N–H and O–H groups in total. The number of benzene rings is 1. The molecular formula is C16H23N3S. The average Bonchev–Trinajstić information content (AvgIpc) is 2.82. The number of rotatable bonds is 4. The van der Waals surface area contributed by atoms with E-state index in [0.717, 1.165) is 22.3 Å². The van der Waals surface area contributed by atoms with Crippen LogP contribution in [0.5, 0.6) is 0 Å². The lowest BCUT2D eigenvalue weighted by Crippen LogP contribution is -2.25. The number of hydrogen-bond donors (Lipinski definition) is 2. The third-order valence-corrected chi connectivity index (χ3v) is 5.23. The van der Waals surface area contributed by atoms with E-state index in [-0.39, 0.29) is 0 Å². The molecule has 108 valence electrons. The van der Waals surface area contributed by atoms with Gasteiger partial charge in [-0.05, 0) is 49.8 Å². The van der Waals surface area contributed by atoms with Crippen LogP contribution in [-0.4, -0.2) is 11.0 Å². The molecule has 1 saturated carbocycles. The van der Waals surface area contributed by atoms with Crippen LogP contribution in [-0.2, 0) is 0 Å². The Kier molecular flexibility index (Phi) is 4.10. The largest absolute Gasteiger partial charge is 0.399 e. The molecule has 1 fully saturated rings. The first-order chi connectivity index (χ1) is 9.74. The first-order valence-corrected chi connectivity index (χ1v) is 8.49. The van der Waals surface area contributed by atoms with Gasteiger partial charge in [0.05, 0.1) is 10.2 Å². The molecule has 3 nitrogen and oxygen atoms in total. The summed E-state index contributed by atoms with van der Waals surface area (Å²) in [6.07, 6.45) is 8.01. The zero-order valence-corrected chi connectivity index (χ0v) is 12.9. The summed E-state index contributed by atoms with van der Waals surface area (Å²) in [5.41, 5.74) is 7.68. The highest BCUT2D eigenvalue weighted by Crippen LogP contribution is 2.32. The molecule has 0 amide bonds. The molecule has 0 radical (unpaired) electrons. The van der Waals surface area contributed by atoms with Crippen molar-refractivity contribution in [3.63, 3.8) is 0 Å². The van der Waals surface area contributed by atoms with Gasteiger partial charge in [0.15, 0.2) is 5.13 Å². The number of thiazole rings is 1. The quantitative estimate of drug-likeness (QED) is 0.806. The average molecular weight is 289 g/mol. The monoisotopic (exact) mass is 289 g/mol. The van der Waals surface area contributed by atoms with E-state index >= 15 is 0 Å². The van der Waals surface area contributed by atoms with Crippen molar-refractivity contribution in [2.45, 2.75) is 51.5 Å². The molecule has 1 aromatic heterocycles. The predicted octanol–water partition coefficient (Wildman–Crippen LogP) is 4.65. The van der Waals surface area contributed by atoms with Gasteiger partial charge in [-0.15, -0.1) is 0 Å². The van der Waals surface area contributed by atoms with Gasteiger partial charge >= 0.3 is 0 Å². The lowest BCUT2D eigenvalue weighted by atomic mass is 9.83. The Balaban J connectivity index is 1.62. The summed E-state index contributed by atoms with van der Waals surface area (Å²) in [6, 6.07) is 6.53. The number of nitrogens with one attached hydrogen (secondary N) is 1. The van der Waals surface area contributed by atoms with Gasteiger partial charge in [0.1, 0.15) is 0 Å². The molecular weight excluding hydrogens is 266 g/mol. The van der Waals surface area contributed by atoms with E-state index in [2.05, 4.69) is 17.2 Å². The highest BCUT2D eigenvalue weighted by molar-refractivity contribution is 7.22. The molecule has 1 aromatic carbocycles. The summed E-state index contributed by atoms with van der Waals surface area (Å²) in [5, 5.41) is 4.66. The fourth-order valence-corrected chi connectivity index (χ4v) is 4.17. The Hall–Kier alpha value is -1.29. The second-order valence-corrected chi connectivity index (χ2v) is 6.93. The molecule has 4 heteroatoms. The second-order valence-electron chi connectivity index (χ2n) is 5.90. The van der Waals surface area contributed by atoms with Crippen molar-refractivity contribution >= 4 is 32.4 Å². The summed E-state index contributed by atoms with van der Waals surface area (Å²) < 4.78 is 1.17. The van der Waals surface area contributed by atoms with E-state index in [1.165, 1.54) is 43.2 Å². The maximum atomic E-state index is 5.82. The molecule has 0 aliphatic heterocycles. The van der Waals surface area contributed by atoms with E-state index < -0.39 is 0 Å². The smallest absolute Gasteiger partial charge is 0.184 e. The minimum Gasteiger partial charge on any atom is -0.399 e. The van der Waals surface area contributed by atoms with Crippen LogP contribution in [0.4, 0.5) is 10.8 Å². The molecule has 0 spiro atoms. The first-order valence-electron chi connectivity index (χ1n) is 7.67. The van der Waals surface area contributed by atoms with Crippen LogP contribution >= 0.6 is 11.3 Å². The topological polar surface area (TPSA) is 50.9 Å². The number of nitrogens with zero attached hydrogens (tertiary/aromatic N) is 1. The van der Waals surface area contributed by atoms with E-state index in [0.29, 0.717) is 6.04 Å². The second kappa shape index (κ2) is 6.00. The Bertz CT molecular complexity index is 570. The number of aromatic nitrogens is 1. The third-order valence-electron chi connectivity index (χ3n) is 4.28. The van der Waals surface area contributed by atoms with Crippen molar-refractivity contribution in [2.75, 3.05) is 11.1 Å². The number of hydrogen-bond acceptors (Lipinski definition) is 4. The van der Waals surface area contributed by atoms with Gasteiger partial charge in [-0.25, -0.2) is 4.98 Å². The maximum absolute atomic E-state index is 5.82. The summed E-state index contributed by atoms with van der Waals surface area (Å²) in [4.78, 5) is 4.66. The Labute approximate surface area is 124 Å². The van der Waals surface area contributed by atoms with Crippen LogP contribution in [0.1, 0.15) is 45.4 Å². The minimum absolute atomic E-state index is 0.598. The fraction of sp³-hybridized carbons (Fsp3) is 0.562. The zero-order chi connectivity index (χ0) is 13.9. The Morgan fingerprint density at radius 3 is 2.85 bits per heavy atom. The van der Waals surface area contributed by atoms with Gasteiger partial charge in [-0.2, -0.15) is 0 Å². The van der Waals surface area contributed by atoms with E-state index in [4.69, 9.17) is 5.73 Å². The van der Waals surface area contributed by atoms with Crippen LogP contribution in [0.25, 0.3) is 10.2 Å². The molecule has 1 aliphatic carbocycles. The molecule has 0 bridgehead atoms. The fourth-order valence-electron chi connectivity index (χ4n) is 3.18. The van der Waals surface area contributed by atoms with Crippen molar-refractivity contribution in [3.05, 3.63) is 18.2 Å². The predicted molar refractivity (Wildman–Crippen MR) is 88.3 cm³/mol. The van der Waals surface area contributed by atoms with Crippen LogP contribution < -0.4 is 11.1 Å². The van der Waals surface area contributed by atoms with Crippen LogP contribution in [0.15, 0.2) is 18.2 Å². The van der Waals surface area contributed by atoms with Gasteiger partial charge in [0, 0.05) is 11.7 Å². The third kappa shape index (κ3) is 3.06. The molecule has 1 heterocycles. The van der Waals surface area contributed by atoms with Gasteiger partial charge < -0.3 is 11.1 Å². The maximum Gasteiger partial charge on any atom is 0.184 e. The van der Waals surface area contributed by atoms with Crippen molar-refractivity contribution in [1.82, 2.24) is 4.98 Å². The molecule has 0 unspecified atom stereocenters. The van der Waals surface area contributed by atoms with Crippen molar-refractivity contribution in [1.29, 1.82) is 0 Å². The molecule has 1 aliphatic rings. The van der Waals surface area contributed by atoms with Crippen molar-refractivity contribution < 1.29 is 0 Å². The number of fused-ring (bicyclic) bond motifs is 1. The summed E-state index contributed by atoms with van der Waals surface area (Å²) in [6.45, 7) is 2.29. The van der Waals surface area contributed by atoms with Gasteiger partial charge in [-0.3, -0.25) is 0 Å². The first kappa shape index (κ1) is 13.7. The number of nitrogen functional groups attached to an aromatic ring is 1. The van der Waals surface area contributed by atoms with Gasteiger partial charge in [0.2, 0.25) is 0 Å². The zero-order valence-electron chi connectivity index (χ0n) is 12.1. The van der Waals surface area contributed by atoms with Crippen LogP contribution in [0.2, 0.25) is 0 Å². The minimum atomic E-state index is 0.598. The van der Waals surface area contributed by atoms with Crippen LogP contribution in [0.3, 0.4) is 0 Å². The molecule has 0 saturated heterocycles. The van der Waals surface area contributed by atoms with E-state index in [1.807, 2.05) is 18.2 Å². The molecule has 0 atom stereocenters. The highest BCUT2D eigenvalue weighted by Gasteiger charge is 2.21. The van der Waals surface area contributed by atoms with Crippen molar-refractivity contribution in [2.24, 2.45) is 5.92 Å². The molecule has 3 rings (SSSR count).